The summed E-state index contributed by atoms with van der Waals surface area (Å²) in [6, 6.07) is 18.8. The molecule has 0 aliphatic carbocycles. The van der Waals surface area contributed by atoms with Crippen LogP contribution in [0.2, 0.25) is 0 Å². The van der Waals surface area contributed by atoms with Crippen molar-refractivity contribution in [2.24, 2.45) is 0 Å². The topological polar surface area (TPSA) is 51.2 Å². The summed E-state index contributed by atoms with van der Waals surface area (Å²) in [4.78, 5) is 16.2. The first-order valence-corrected chi connectivity index (χ1v) is 8.64. The summed E-state index contributed by atoms with van der Waals surface area (Å²) in [5.74, 6) is 0.691. The molecule has 3 aromatic rings. The van der Waals surface area contributed by atoms with Crippen LogP contribution in [-0.4, -0.2) is 10.9 Å². The van der Waals surface area contributed by atoms with Gasteiger partial charge in [0.25, 0.3) is 5.91 Å². The van der Waals surface area contributed by atoms with Crippen LogP contribution in [0, 0.1) is 0 Å². The zero-order valence-electron chi connectivity index (χ0n) is 13.5. The van der Waals surface area contributed by atoms with E-state index in [0.717, 1.165) is 21.3 Å². The maximum atomic E-state index is 12.1. The molecule has 0 saturated carbocycles. The monoisotopic (exact) mass is 396 g/mol. The molecule has 1 N–H and O–H groups in total. The van der Waals surface area contributed by atoms with E-state index in [1.807, 2.05) is 48.5 Å². The summed E-state index contributed by atoms with van der Waals surface area (Å²) in [5.41, 5.74) is 2.67. The molecule has 0 spiro atoms. The van der Waals surface area contributed by atoms with E-state index in [9.17, 15) is 4.79 Å². The molecular formula is C20H17BrN2O2. The van der Waals surface area contributed by atoms with E-state index in [2.05, 4.69) is 26.2 Å². The van der Waals surface area contributed by atoms with Gasteiger partial charge in [-0.15, -0.1) is 0 Å². The molecule has 1 aromatic heterocycles. The fraction of sp³-hybridized carbons (Fsp3) is 0.100. The largest absolute Gasteiger partial charge is 0.489 e. The fourth-order valence-electron chi connectivity index (χ4n) is 2.24. The fourth-order valence-corrected chi connectivity index (χ4v) is 2.50. The highest BCUT2D eigenvalue weighted by atomic mass is 79.9. The number of carbonyl (C=O) groups is 1. The van der Waals surface area contributed by atoms with Gasteiger partial charge in [-0.25, -0.2) is 0 Å². The van der Waals surface area contributed by atoms with Gasteiger partial charge in [0, 0.05) is 34.5 Å². The molecule has 0 aliphatic heterocycles. The molecule has 1 amide bonds. The minimum atomic E-state index is -0.0931. The Labute approximate surface area is 155 Å². The quantitative estimate of drug-likeness (QED) is 0.673. The van der Waals surface area contributed by atoms with Crippen LogP contribution in [0.15, 0.2) is 77.5 Å². The van der Waals surface area contributed by atoms with Gasteiger partial charge in [-0.1, -0.05) is 34.1 Å². The predicted octanol–water partition coefficient (Wildman–Crippen LogP) is 4.35. The SMILES string of the molecule is O=C(NCc1ccc(OCc2cccnc2)cc1)c1ccc(Br)cc1. The number of nitrogens with zero attached hydrogens (tertiary/aromatic N) is 1. The van der Waals surface area contributed by atoms with Gasteiger partial charge >= 0.3 is 0 Å². The third kappa shape index (κ3) is 5.16. The Bertz CT molecular complexity index is 819. The number of amides is 1. The number of aromatic nitrogens is 1. The third-order valence-corrected chi connectivity index (χ3v) is 4.14. The molecule has 4 nitrogen and oxygen atoms in total. The molecule has 0 unspecified atom stereocenters. The summed E-state index contributed by atoms with van der Waals surface area (Å²) in [6.07, 6.45) is 3.52. The van der Waals surface area contributed by atoms with Gasteiger partial charge < -0.3 is 10.1 Å². The van der Waals surface area contributed by atoms with E-state index < -0.39 is 0 Å². The van der Waals surface area contributed by atoms with Crippen molar-refractivity contribution in [1.29, 1.82) is 0 Å². The van der Waals surface area contributed by atoms with Crippen molar-refractivity contribution in [3.8, 4) is 5.75 Å². The summed E-state index contributed by atoms with van der Waals surface area (Å²) >= 11 is 3.36. The second-order valence-corrected chi connectivity index (χ2v) is 6.40. The second kappa shape index (κ2) is 8.44. The highest BCUT2D eigenvalue weighted by Crippen LogP contribution is 2.14. The van der Waals surface area contributed by atoms with Crippen molar-refractivity contribution in [3.63, 3.8) is 0 Å². The van der Waals surface area contributed by atoms with Crippen LogP contribution in [0.3, 0.4) is 0 Å². The Kier molecular flexibility index (Phi) is 5.80. The first-order valence-electron chi connectivity index (χ1n) is 7.85. The van der Waals surface area contributed by atoms with Gasteiger partial charge in [0.15, 0.2) is 0 Å². The minimum Gasteiger partial charge on any atom is -0.489 e. The first kappa shape index (κ1) is 17.2. The summed E-state index contributed by atoms with van der Waals surface area (Å²) < 4.78 is 6.67. The zero-order chi connectivity index (χ0) is 17.5. The van der Waals surface area contributed by atoms with Gasteiger partial charge in [-0.05, 0) is 48.0 Å². The van der Waals surface area contributed by atoms with Gasteiger partial charge in [-0.3, -0.25) is 9.78 Å². The lowest BCUT2D eigenvalue weighted by Crippen LogP contribution is -2.22. The Morgan fingerprint density at radius 1 is 1.00 bits per heavy atom. The molecule has 1 heterocycles. The Hall–Kier alpha value is -2.66. The van der Waals surface area contributed by atoms with Crippen molar-refractivity contribution in [2.45, 2.75) is 13.2 Å². The van der Waals surface area contributed by atoms with Crippen molar-refractivity contribution in [1.82, 2.24) is 10.3 Å². The maximum absolute atomic E-state index is 12.1. The molecular weight excluding hydrogens is 380 g/mol. The summed E-state index contributed by atoms with van der Waals surface area (Å²) in [7, 11) is 0. The van der Waals surface area contributed by atoms with Gasteiger partial charge in [-0.2, -0.15) is 0 Å². The molecule has 126 valence electrons. The molecule has 0 bridgehead atoms. The molecule has 0 saturated heterocycles. The molecule has 0 radical (unpaired) electrons. The first-order chi connectivity index (χ1) is 12.2. The van der Waals surface area contributed by atoms with Crippen molar-refractivity contribution >= 4 is 21.8 Å². The Morgan fingerprint density at radius 3 is 2.44 bits per heavy atom. The Morgan fingerprint density at radius 2 is 1.76 bits per heavy atom. The van der Waals surface area contributed by atoms with E-state index >= 15 is 0 Å². The summed E-state index contributed by atoms with van der Waals surface area (Å²) in [5, 5.41) is 2.91. The van der Waals surface area contributed by atoms with Crippen LogP contribution in [0.25, 0.3) is 0 Å². The van der Waals surface area contributed by atoms with Gasteiger partial charge in [0.2, 0.25) is 0 Å². The van der Waals surface area contributed by atoms with Crippen molar-refractivity contribution < 1.29 is 9.53 Å². The maximum Gasteiger partial charge on any atom is 0.251 e. The van der Waals surface area contributed by atoms with E-state index in [0.29, 0.717) is 18.7 Å². The average molecular weight is 397 g/mol. The number of benzene rings is 2. The van der Waals surface area contributed by atoms with Gasteiger partial charge in [0.1, 0.15) is 12.4 Å². The van der Waals surface area contributed by atoms with Crippen LogP contribution >= 0.6 is 15.9 Å². The standard InChI is InChI=1S/C20H17BrN2O2/c21-18-7-5-17(6-8-18)20(24)23-13-15-3-9-19(10-4-15)25-14-16-2-1-11-22-12-16/h1-12H,13-14H2,(H,23,24). The average Bonchev–Trinajstić information content (AvgIpc) is 2.67. The van der Waals surface area contributed by atoms with Crippen LogP contribution < -0.4 is 10.1 Å². The number of ether oxygens (including phenoxy) is 1. The lowest BCUT2D eigenvalue weighted by atomic mass is 10.2. The number of carbonyl (C=O) groups excluding carboxylic acids is 1. The molecule has 0 aliphatic rings. The highest BCUT2D eigenvalue weighted by Gasteiger charge is 2.05. The smallest absolute Gasteiger partial charge is 0.251 e. The molecule has 0 fully saturated rings. The third-order valence-electron chi connectivity index (χ3n) is 3.61. The van der Waals surface area contributed by atoms with Gasteiger partial charge in [0.05, 0.1) is 0 Å². The lowest BCUT2D eigenvalue weighted by molar-refractivity contribution is 0.0951. The van der Waals surface area contributed by atoms with Crippen molar-refractivity contribution in [3.05, 3.63) is 94.2 Å². The minimum absolute atomic E-state index is 0.0931. The van der Waals surface area contributed by atoms with Crippen LogP contribution in [0.5, 0.6) is 5.75 Å². The number of pyridine rings is 1. The molecule has 25 heavy (non-hydrogen) atoms. The normalized spacial score (nSPS) is 10.3. The number of rotatable bonds is 6. The van der Waals surface area contributed by atoms with E-state index in [1.165, 1.54) is 0 Å². The van der Waals surface area contributed by atoms with Crippen molar-refractivity contribution in [2.75, 3.05) is 0 Å². The Balaban J connectivity index is 1.50. The van der Waals surface area contributed by atoms with Crippen LogP contribution in [0.4, 0.5) is 0 Å². The van der Waals surface area contributed by atoms with Crippen LogP contribution in [-0.2, 0) is 13.2 Å². The molecule has 2 aromatic carbocycles. The summed E-state index contributed by atoms with van der Waals surface area (Å²) in [6.45, 7) is 0.950. The highest BCUT2D eigenvalue weighted by molar-refractivity contribution is 9.10. The molecule has 0 atom stereocenters. The lowest BCUT2D eigenvalue weighted by Gasteiger charge is -2.08. The molecule has 5 heteroatoms. The predicted molar refractivity (Wildman–Crippen MR) is 100 cm³/mol. The number of hydrogen-bond donors (Lipinski definition) is 1. The number of halogens is 1. The van der Waals surface area contributed by atoms with E-state index in [4.69, 9.17) is 4.74 Å². The number of nitrogens with one attached hydrogen (secondary N) is 1. The van der Waals surface area contributed by atoms with Crippen LogP contribution in [0.1, 0.15) is 21.5 Å². The van der Waals surface area contributed by atoms with E-state index in [1.54, 1.807) is 24.5 Å². The number of hydrogen-bond acceptors (Lipinski definition) is 3. The second-order valence-electron chi connectivity index (χ2n) is 5.48. The molecule has 3 rings (SSSR count). The van der Waals surface area contributed by atoms with E-state index in [-0.39, 0.29) is 5.91 Å². The zero-order valence-corrected chi connectivity index (χ0v) is 15.1.